The number of ether oxygens (including phenoxy) is 1. The summed E-state index contributed by atoms with van der Waals surface area (Å²) in [5.41, 5.74) is 0. The third-order valence-electron chi connectivity index (χ3n) is 2.24. The summed E-state index contributed by atoms with van der Waals surface area (Å²) < 4.78 is 6.33. The monoisotopic (exact) mass is 295 g/mol. The second-order valence-corrected chi connectivity index (χ2v) is 5.67. The quantitative estimate of drug-likeness (QED) is 0.678. The van der Waals surface area contributed by atoms with Gasteiger partial charge in [0.1, 0.15) is 5.75 Å². The normalized spacial score (nSPS) is 11.9. The molecule has 0 aliphatic carbocycles. The van der Waals surface area contributed by atoms with Gasteiger partial charge in [-0.15, -0.1) is 10.2 Å². The van der Waals surface area contributed by atoms with Crippen molar-refractivity contribution in [1.82, 2.24) is 10.2 Å². The van der Waals surface area contributed by atoms with Gasteiger partial charge in [0.15, 0.2) is 10.4 Å². The van der Waals surface area contributed by atoms with Crippen molar-refractivity contribution in [3.8, 4) is 5.75 Å². The van der Waals surface area contributed by atoms with E-state index in [0.29, 0.717) is 10.9 Å². The van der Waals surface area contributed by atoms with Gasteiger partial charge in [0, 0.05) is 0 Å². The minimum absolute atomic E-state index is 0.243. The fourth-order valence-electron chi connectivity index (χ4n) is 1.31. The van der Waals surface area contributed by atoms with Crippen LogP contribution in [0.1, 0.15) is 6.92 Å². The molecule has 1 aromatic carbocycles. The molecule has 1 atom stereocenters. The van der Waals surface area contributed by atoms with E-state index in [1.165, 1.54) is 23.1 Å². The highest BCUT2D eigenvalue weighted by Gasteiger charge is 2.16. The van der Waals surface area contributed by atoms with Gasteiger partial charge < -0.3 is 4.74 Å². The number of carbonyl (C=O) groups is 1. The van der Waals surface area contributed by atoms with Gasteiger partial charge in [-0.1, -0.05) is 41.3 Å². The molecule has 0 aliphatic rings. The van der Waals surface area contributed by atoms with Crippen LogP contribution in [0, 0.1) is 0 Å². The van der Waals surface area contributed by atoms with E-state index in [1.807, 2.05) is 24.5 Å². The number of anilines is 1. The van der Waals surface area contributed by atoms with Crippen molar-refractivity contribution < 1.29 is 9.53 Å². The lowest BCUT2D eigenvalue weighted by atomic mass is 10.3. The molecule has 1 amide bonds. The van der Waals surface area contributed by atoms with Crippen LogP contribution in [-0.4, -0.2) is 28.5 Å². The number of hydrogen-bond acceptors (Lipinski definition) is 6. The van der Waals surface area contributed by atoms with E-state index in [0.717, 1.165) is 4.34 Å². The average Bonchev–Trinajstić information content (AvgIpc) is 2.87. The van der Waals surface area contributed by atoms with Gasteiger partial charge in [-0.25, -0.2) is 0 Å². The fraction of sp³-hybridized carbons (Fsp3) is 0.250. The SMILES string of the molecule is CSc1nnc(NC(=O)C(C)Oc2ccccc2)s1. The molecule has 0 spiro atoms. The second kappa shape index (κ2) is 6.53. The van der Waals surface area contributed by atoms with Crippen LogP contribution >= 0.6 is 23.1 Å². The summed E-state index contributed by atoms with van der Waals surface area (Å²) in [5.74, 6) is 0.417. The highest BCUT2D eigenvalue weighted by atomic mass is 32.2. The molecule has 0 saturated carbocycles. The molecule has 0 bridgehead atoms. The summed E-state index contributed by atoms with van der Waals surface area (Å²) in [5, 5.41) is 11.0. The van der Waals surface area contributed by atoms with Crippen LogP contribution in [-0.2, 0) is 4.79 Å². The lowest BCUT2D eigenvalue weighted by molar-refractivity contribution is -0.122. The maximum atomic E-state index is 11.9. The number of para-hydroxylation sites is 1. The summed E-state index contributed by atoms with van der Waals surface area (Å²) in [6.45, 7) is 1.69. The number of amides is 1. The van der Waals surface area contributed by atoms with Crippen molar-refractivity contribution in [2.45, 2.75) is 17.4 Å². The van der Waals surface area contributed by atoms with E-state index >= 15 is 0 Å². The van der Waals surface area contributed by atoms with E-state index < -0.39 is 6.10 Å². The minimum Gasteiger partial charge on any atom is -0.481 e. The lowest BCUT2D eigenvalue weighted by Gasteiger charge is -2.13. The molecule has 2 rings (SSSR count). The Morgan fingerprint density at radius 1 is 1.37 bits per heavy atom. The Morgan fingerprint density at radius 2 is 2.11 bits per heavy atom. The number of thioether (sulfide) groups is 1. The molecular formula is C12H13N3O2S2. The summed E-state index contributed by atoms with van der Waals surface area (Å²) in [7, 11) is 0. The molecular weight excluding hydrogens is 282 g/mol. The van der Waals surface area contributed by atoms with E-state index in [1.54, 1.807) is 19.1 Å². The van der Waals surface area contributed by atoms with Gasteiger partial charge in [-0.2, -0.15) is 0 Å². The molecule has 100 valence electrons. The van der Waals surface area contributed by atoms with Crippen molar-refractivity contribution in [2.75, 3.05) is 11.6 Å². The zero-order valence-electron chi connectivity index (χ0n) is 10.5. The maximum absolute atomic E-state index is 11.9. The molecule has 1 N–H and O–H groups in total. The van der Waals surface area contributed by atoms with Crippen molar-refractivity contribution in [1.29, 1.82) is 0 Å². The zero-order valence-corrected chi connectivity index (χ0v) is 12.1. The standard InChI is InChI=1S/C12H13N3O2S2/c1-8(17-9-6-4-3-5-7-9)10(16)13-11-14-15-12(18-2)19-11/h3-8H,1-2H3,(H,13,14,16). The fourth-order valence-corrected chi connectivity index (χ4v) is 2.48. The molecule has 0 aliphatic heterocycles. The van der Waals surface area contributed by atoms with Gasteiger partial charge in [0.05, 0.1) is 0 Å². The lowest BCUT2D eigenvalue weighted by Crippen LogP contribution is -2.30. The molecule has 0 saturated heterocycles. The molecule has 19 heavy (non-hydrogen) atoms. The summed E-state index contributed by atoms with van der Waals surface area (Å²) in [6, 6.07) is 9.22. The number of aromatic nitrogens is 2. The molecule has 2 aromatic rings. The van der Waals surface area contributed by atoms with Crippen molar-refractivity contribution in [3.63, 3.8) is 0 Å². The molecule has 1 unspecified atom stereocenters. The Kier molecular flexibility index (Phi) is 4.75. The van der Waals surface area contributed by atoms with Crippen LogP contribution in [0.25, 0.3) is 0 Å². The predicted molar refractivity (Wildman–Crippen MR) is 76.9 cm³/mol. The average molecular weight is 295 g/mol. The Labute approximate surface area is 119 Å². The van der Waals surface area contributed by atoms with Crippen LogP contribution < -0.4 is 10.1 Å². The number of nitrogens with zero attached hydrogens (tertiary/aromatic N) is 2. The van der Waals surface area contributed by atoms with Crippen molar-refractivity contribution in [3.05, 3.63) is 30.3 Å². The highest BCUT2D eigenvalue weighted by molar-refractivity contribution is 8.00. The molecule has 1 aromatic heterocycles. The Hall–Kier alpha value is -1.60. The smallest absolute Gasteiger partial charge is 0.266 e. The molecule has 0 radical (unpaired) electrons. The third kappa shape index (κ3) is 3.93. The largest absolute Gasteiger partial charge is 0.481 e. The van der Waals surface area contributed by atoms with Crippen molar-refractivity contribution in [2.24, 2.45) is 0 Å². The van der Waals surface area contributed by atoms with Gasteiger partial charge >= 0.3 is 0 Å². The van der Waals surface area contributed by atoms with Crippen LogP contribution in [0.3, 0.4) is 0 Å². The Bertz CT molecular complexity index is 545. The minimum atomic E-state index is -0.593. The van der Waals surface area contributed by atoms with Gasteiger partial charge in [-0.05, 0) is 25.3 Å². The Balaban J connectivity index is 1.92. The van der Waals surface area contributed by atoms with E-state index in [-0.39, 0.29) is 5.91 Å². The van der Waals surface area contributed by atoms with E-state index in [4.69, 9.17) is 4.74 Å². The van der Waals surface area contributed by atoms with Gasteiger partial charge in [0.25, 0.3) is 5.91 Å². The number of rotatable bonds is 5. The second-order valence-electron chi connectivity index (χ2n) is 3.64. The molecule has 5 nitrogen and oxygen atoms in total. The van der Waals surface area contributed by atoms with Crippen LogP contribution in [0.5, 0.6) is 5.75 Å². The number of carbonyl (C=O) groups excluding carboxylic acids is 1. The topological polar surface area (TPSA) is 64.1 Å². The van der Waals surface area contributed by atoms with Crippen LogP contribution in [0.4, 0.5) is 5.13 Å². The Morgan fingerprint density at radius 3 is 2.74 bits per heavy atom. The number of nitrogens with one attached hydrogen (secondary N) is 1. The summed E-state index contributed by atoms with van der Waals surface area (Å²) in [6.07, 6.45) is 1.32. The molecule has 0 fully saturated rings. The summed E-state index contributed by atoms with van der Waals surface area (Å²) in [4.78, 5) is 11.9. The highest BCUT2D eigenvalue weighted by Crippen LogP contribution is 2.23. The number of benzene rings is 1. The first-order chi connectivity index (χ1) is 9.19. The summed E-state index contributed by atoms with van der Waals surface area (Å²) >= 11 is 2.83. The molecule has 1 heterocycles. The first kappa shape index (κ1) is 13.8. The number of hydrogen-bond donors (Lipinski definition) is 1. The van der Waals surface area contributed by atoms with Crippen LogP contribution in [0.15, 0.2) is 34.7 Å². The molecule has 7 heteroatoms. The van der Waals surface area contributed by atoms with Crippen LogP contribution in [0.2, 0.25) is 0 Å². The van der Waals surface area contributed by atoms with Crippen molar-refractivity contribution >= 4 is 34.1 Å². The van der Waals surface area contributed by atoms with E-state index in [9.17, 15) is 4.79 Å². The third-order valence-corrected chi connectivity index (χ3v) is 4.05. The van der Waals surface area contributed by atoms with Gasteiger partial charge in [0.2, 0.25) is 5.13 Å². The van der Waals surface area contributed by atoms with Gasteiger partial charge in [-0.3, -0.25) is 10.1 Å². The first-order valence-corrected chi connectivity index (χ1v) is 7.63. The zero-order chi connectivity index (χ0) is 13.7. The van der Waals surface area contributed by atoms with E-state index in [2.05, 4.69) is 15.5 Å². The predicted octanol–water partition coefficient (Wildman–Crippen LogP) is 2.67. The maximum Gasteiger partial charge on any atom is 0.266 e. The first-order valence-electron chi connectivity index (χ1n) is 5.59.